The van der Waals surface area contributed by atoms with E-state index >= 15 is 0 Å². The van der Waals surface area contributed by atoms with E-state index in [0.717, 1.165) is 80.3 Å². The molecule has 7 heteroatoms. The first-order chi connectivity index (χ1) is 47.6. The Morgan fingerprint density at radius 3 is 1.79 bits per heavy atom. The fraction of sp³-hybridized carbons (Fsp3) is 0.0899. The van der Waals surface area contributed by atoms with Gasteiger partial charge >= 0.3 is 0 Å². The molecule has 3 atom stereocenters. The monoisotopic (exact) mass is 1230 g/mol. The van der Waals surface area contributed by atoms with Gasteiger partial charge < -0.3 is 14.2 Å². The van der Waals surface area contributed by atoms with Crippen LogP contribution in [0, 0.1) is 0 Å². The predicted molar refractivity (Wildman–Crippen MR) is 394 cm³/mol. The molecule has 0 fully saturated rings. The zero-order chi connectivity index (χ0) is 63.0. The van der Waals surface area contributed by atoms with Gasteiger partial charge in [-0.2, -0.15) is 15.0 Å². The van der Waals surface area contributed by atoms with Gasteiger partial charge in [-0.1, -0.05) is 231 Å². The van der Waals surface area contributed by atoms with Crippen molar-refractivity contribution < 1.29 is 4.74 Å². The molecule has 2 bridgehead atoms. The summed E-state index contributed by atoms with van der Waals surface area (Å²) in [5.41, 5.74) is 27.6. The van der Waals surface area contributed by atoms with Gasteiger partial charge in [0, 0.05) is 44.4 Å². The lowest BCUT2D eigenvalue weighted by Gasteiger charge is -2.39. The molecule has 0 amide bonds. The first-order valence-corrected chi connectivity index (χ1v) is 33.7. The molecule has 0 saturated carbocycles. The summed E-state index contributed by atoms with van der Waals surface area (Å²) >= 11 is 0. The van der Waals surface area contributed by atoms with Crippen molar-refractivity contribution in [1.29, 1.82) is 0 Å². The molecule has 3 aromatic heterocycles. The van der Waals surface area contributed by atoms with E-state index in [1.54, 1.807) is 0 Å². The van der Waals surface area contributed by atoms with E-state index in [1.807, 2.05) is 6.26 Å². The highest BCUT2D eigenvalue weighted by atomic mass is 16.5. The molecule has 7 aliphatic rings. The van der Waals surface area contributed by atoms with Gasteiger partial charge in [-0.05, 0) is 187 Å². The lowest BCUT2D eigenvalue weighted by molar-refractivity contribution is 0.268. The average molecular weight is 1230 g/mol. The molecule has 0 N–H and O–H groups in total. The van der Waals surface area contributed by atoms with E-state index in [2.05, 4.69) is 311 Å². The number of allylic oxidation sites excluding steroid dienone is 15. The summed E-state index contributed by atoms with van der Waals surface area (Å²) in [6.45, 7) is 0.459. The number of hydrogen-bond acceptors (Lipinski definition) is 5. The molecule has 2 aliphatic heterocycles. The molecular formula is C89H62N6O. The third kappa shape index (κ3) is 8.29. The summed E-state index contributed by atoms with van der Waals surface area (Å²) in [7, 11) is 0. The summed E-state index contributed by atoms with van der Waals surface area (Å²) in [6.07, 6.45) is 29.1. The van der Waals surface area contributed by atoms with Crippen molar-refractivity contribution in [3.05, 3.63) is 354 Å². The minimum atomic E-state index is -0.664. The largest absolute Gasteiger partial charge is 0.497 e. The van der Waals surface area contributed by atoms with E-state index in [4.69, 9.17) is 19.7 Å². The number of benzene rings is 10. The Hall–Kier alpha value is -11.9. The van der Waals surface area contributed by atoms with Gasteiger partial charge in [0.2, 0.25) is 11.9 Å². The van der Waals surface area contributed by atoms with Crippen LogP contribution in [0.5, 0.6) is 0 Å². The topological polar surface area (TPSA) is 61.0 Å². The Morgan fingerprint density at radius 2 is 1.06 bits per heavy atom. The van der Waals surface area contributed by atoms with Crippen LogP contribution >= 0.6 is 0 Å². The number of anilines is 2. The standard InChI is InChI=1S/C89H62N6O/c1-5-19-56(20-6-1)60-33-38-67-50-65(49-60)74-51-61(57-21-7-2-8-22-57)35-44-83(74)94(67)87-90-86(91-88(92-87)95-84-45-36-62(58-23-9-3-10-24-58)52-75(84)76-53-63(37-46-85(76)95)59-25-11-4-12-26-59)64-34-41-70-71-47-48-96-55-80(71)89(79(70)54-64)77-30-16-13-27-68(77)69-42-39-66(40-43-78(69)89)93-81-31-17-14-28-72(81)73-29-15-18-32-82(73)93/h1,3-7,9-42,44-49,51-54,65,67H,2,8,43,50,55H2. The molecule has 5 aliphatic carbocycles. The number of rotatable bonds is 8. The maximum atomic E-state index is 6.48. The number of ether oxygens (including phenoxy) is 1. The number of para-hydroxylation sites is 2. The molecule has 10 aromatic carbocycles. The number of hydrogen-bond donors (Lipinski definition) is 0. The van der Waals surface area contributed by atoms with Crippen LogP contribution in [0.25, 0.3) is 111 Å². The smallest absolute Gasteiger partial charge is 0.240 e. The Balaban J connectivity index is 0.819. The van der Waals surface area contributed by atoms with Crippen LogP contribution in [-0.2, 0) is 10.2 Å². The number of fused-ring (bicyclic) bond motifs is 18. The highest BCUT2D eigenvalue weighted by molar-refractivity contribution is 6.13. The van der Waals surface area contributed by atoms with Crippen molar-refractivity contribution in [1.82, 2.24) is 24.1 Å². The van der Waals surface area contributed by atoms with Gasteiger partial charge in [-0.15, -0.1) is 0 Å². The zero-order valence-corrected chi connectivity index (χ0v) is 52.6. The first-order valence-electron chi connectivity index (χ1n) is 33.7. The molecule has 0 radical (unpaired) electrons. The second-order valence-corrected chi connectivity index (χ2v) is 26.3. The van der Waals surface area contributed by atoms with Crippen molar-refractivity contribution in [2.24, 2.45) is 0 Å². The van der Waals surface area contributed by atoms with E-state index in [9.17, 15) is 0 Å². The van der Waals surface area contributed by atoms with E-state index in [-0.39, 0.29) is 12.0 Å². The van der Waals surface area contributed by atoms with Crippen molar-refractivity contribution in [2.45, 2.75) is 43.1 Å². The van der Waals surface area contributed by atoms with Crippen LogP contribution in [0.4, 0.5) is 11.6 Å². The third-order valence-corrected chi connectivity index (χ3v) is 21.3. The van der Waals surface area contributed by atoms with Crippen LogP contribution < -0.4 is 4.90 Å². The minimum absolute atomic E-state index is 0.0992. The fourth-order valence-electron chi connectivity index (χ4n) is 17.1. The van der Waals surface area contributed by atoms with Crippen molar-refractivity contribution in [3.8, 4) is 39.6 Å². The molecule has 96 heavy (non-hydrogen) atoms. The molecule has 13 aromatic rings. The fourth-order valence-corrected chi connectivity index (χ4v) is 17.1. The van der Waals surface area contributed by atoms with Crippen LogP contribution in [-0.4, -0.2) is 36.7 Å². The van der Waals surface area contributed by atoms with E-state index in [1.165, 1.54) is 94.2 Å². The highest BCUT2D eigenvalue weighted by Crippen LogP contribution is 2.63. The Kier molecular flexibility index (Phi) is 12.3. The van der Waals surface area contributed by atoms with E-state index in [0.29, 0.717) is 30.7 Å². The molecule has 5 heterocycles. The number of aromatic nitrogens is 5. The van der Waals surface area contributed by atoms with Crippen molar-refractivity contribution >= 4 is 83.2 Å². The molecule has 454 valence electrons. The zero-order valence-electron chi connectivity index (χ0n) is 52.6. The molecule has 1 spiro atoms. The first kappa shape index (κ1) is 54.6. The van der Waals surface area contributed by atoms with Crippen LogP contribution in [0.15, 0.2) is 315 Å². The Labute approximate surface area is 556 Å². The van der Waals surface area contributed by atoms with Crippen molar-refractivity contribution in [3.63, 3.8) is 0 Å². The van der Waals surface area contributed by atoms with Gasteiger partial charge in [0.05, 0.1) is 39.8 Å². The predicted octanol–water partition coefficient (Wildman–Crippen LogP) is 21.3. The second kappa shape index (κ2) is 21.6. The second-order valence-electron chi connectivity index (χ2n) is 26.3. The summed E-state index contributed by atoms with van der Waals surface area (Å²) < 4.78 is 11.2. The van der Waals surface area contributed by atoms with Crippen LogP contribution in [0.1, 0.15) is 70.5 Å². The highest BCUT2D eigenvalue weighted by Gasteiger charge is 2.54. The maximum absolute atomic E-state index is 6.48. The summed E-state index contributed by atoms with van der Waals surface area (Å²) in [5.74, 6) is 1.85. The lowest BCUT2D eigenvalue weighted by Crippen LogP contribution is -2.37. The van der Waals surface area contributed by atoms with Gasteiger partial charge in [-0.3, -0.25) is 4.57 Å². The van der Waals surface area contributed by atoms with Crippen molar-refractivity contribution in [2.75, 3.05) is 11.5 Å². The minimum Gasteiger partial charge on any atom is -0.497 e. The van der Waals surface area contributed by atoms with Gasteiger partial charge in [0.1, 0.15) is 6.61 Å². The van der Waals surface area contributed by atoms with Gasteiger partial charge in [0.25, 0.3) is 0 Å². The Morgan fingerprint density at radius 1 is 0.427 bits per heavy atom. The summed E-state index contributed by atoms with van der Waals surface area (Å²) in [5, 5.41) is 4.73. The van der Waals surface area contributed by atoms with Crippen LogP contribution in [0.2, 0.25) is 0 Å². The molecule has 7 nitrogen and oxygen atoms in total. The molecule has 20 rings (SSSR count). The summed E-state index contributed by atoms with van der Waals surface area (Å²) in [6, 6.07) is 86.7. The Bertz CT molecular complexity index is 5640. The number of nitrogens with zero attached hydrogens (tertiary/aromatic N) is 6. The van der Waals surface area contributed by atoms with Gasteiger partial charge in [-0.25, -0.2) is 0 Å². The molecule has 0 saturated heterocycles. The SMILES string of the molecule is C1=CC(c2ccc3c(c2)C2C=C(c4ccccc4)C=CC(C2)N3c2nc(-c3ccc4c(c3)C3(C5=C(C=CC(n6c7ccccc7c7ccccc76)=CC5)c5ccccc53)C3=C4C=COC3)nc(-n3c4ccc(-c5ccccc5)cc4c4cc(-c5ccccc5)ccc43)n2)=CCC1. The molecular weight excluding hydrogens is 1170 g/mol. The molecule has 3 unspecified atom stereocenters. The van der Waals surface area contributed by atoms with Crippen LogP contribution in [0.3, 0.4) is 0 Å². The third-order valence-electron chi connectivity index (χ3n) is 21.3. The maximum Gasteiger partial charge on any atom is 0.240 e. The summed E-state index contributed by atoms with van der Waals surface area (Å²) in [4.78, 5) is 20.0. The normalized spacial score (nSPS) is 18.9. The van der Waals surface area contributed by atoms with Gasteiger partial charge in [0.15, 0.2) is 5.82 Å². The lowest BCUT2D eigenvalue weighted by atomic mass is 9.67. The quantitative estimate of drug-likeness (QED) is 0.152. The van der Waals surface area contributed by atoms with E-state index < -0.39 is 5.41 Å². The average Bonchev–Trinajstić information content (AvgIpc) is 1.55.